The first-order valence-corrected chi connectivity index (χ1v) is 8.07. The monoisotopic (exact) mass is 271 g/mol. The lowest BCUT2D eigenvalue weighted by Crippen LogP contribution is -2.40. The van der Waals surface area contributed by atoms with Crippen LogP contribution in [0.4, 0.5) is 0 Å². The maximum atomic E-state index is 12.4. The van der Waals surface area contributed by atoms with Crippen molar-refractivity contribution in [1.82, 2.24) is 5.48 Å². The van der Waals surface area contributed by atoms with E-state index in [1.807, 2.05) is 0 Å². The zero-order chi connectivity index (χ0) is 14.7. The van der Waals surface area contributed by atoms with Crippen molar-refractivity contribution in [3.63, 3.8) is 0 Å². The molecule has 114 valence electrons. The van der Waals surface area contributed by atoms with Gasteiger partial charge in [-0.1, -0.05) is 59.8 Å². The van der Waals surface area contributed by atoms with Crippen LogP contribution in [0.5, 0.6) is 0 Å². The Labute approximate surface area is 119 Å². The maximum Gasteiger partial charge on any atom is 0.155 e. The van der Waals surface area contributed by atoms with Gasteiger partial charge >= 0.3 is 0 Å². The fraction of sp³-hybridized carbons (Fsp3) is 0.938. The third kappa shape index (κ3) is 7.07. The molecule has 3 heteroatoms. The first-order chi connectivity index (χ1) is 9.14. The summed E-state index contributed by atoms with van der Waals surface area (Å²) in [6.07, 6.45) is 8.15. The summed E-state index contributed by atoms with van der Waals surface area (Å²) < 4.78 is 0. The van der Waals surface area contributed by atoms with Crippen LogP contribution in [0.3, 0.4) is 0 Å². The van der Waals surface area contributed by atoms with Crippen LogP contribution in [0.1, 0.15) is 79.1 Å². The molecule has 0 heterocycles. The Morgan fingerprint density at radius 3 is 2.16 bits per heavy atom. The zero-order valence-electron chi connectivity index (χ0n) is 13.2. The summed E-state index contributed by atoms with van der Waals surface area (Å²) in [4.78, 5) is 12.4. The van der Waals surface area contributed by atoms with Crippen molar-refractivity contribution in [2.45, 2.75) is 85.1 Å². The van der Waals surface area contributed by atoms with Crippen LogP contribution >= 0.6 is 0 Å². The Bertz CT molecular complexity index is 231. The van der Waals surface area contributed by atoms with Gasteiger partial charge in [-0.2, -0.15) is 5.48 Å². The van der Waals surface area contributed by atoms with E-state index in [1.165, 1.54) is 0 Å². The van der Waals surface area contributed by atoms with Crippen molar-refractivity contribution in [2.75, 3.05) is 0 Å². The van der Waals surface area contributed by atoms with Crippen LogP contribution in [0.2, 0.25) is 0 Å². The van der Waals surface area contributed by atoms with Gasteiger partial charge in [0, 0.05) is 5.92 Å². The second-order valence-electron chi connectivity index (χ2n) is 5.63. The highest BCUT2D eigenvalue weighted by Crippen LogP contribution is 2.22. The normalized spacial score (nSPS) is 16.1. The van der Waals surface area contributed by atoms with Gasteiger partial charge < -0.3 is 5.21 Å². The zero-order valence-corrected chi connectivity index (χ0v) is 13.2. The van der Waals surface area contributed by atoms with Crippen LogP contribution in [0.25, 0.3) is 0 Å². The third-order valence-electron chi connectivity index (χ3n) is 4.14. The quantitative estimate of drug-likeness (QED) is 0.519. The van der Waals surface area contributed by atoms with Crippen molar-refractivity contribution in [3.05, 3.63) is 0 Å². The van der Waals surface area contributed by atoms with Crippen LogP contribution in [0, 0.1) is 11.8 Å². The Hall–Kier alpha value is -0.410. The SMILES string of the molecule is CCCCC(CC)C(=O)C(CC(CC)CCC)NO. The van der Waals surface area contributed by atoms with Crippen molar-refractivity contribution in [1.29, 1.82) is 0 Å². The molecule has 0 rings (SSSR count). The summed E-state index contributed by atoms with van der Waals surface area (Å²) in [5.41, 5.74) is 2.27. The number of carbonyl (C=O) groups excluding carboxylic acids is 1. The molecule has 0 saturated heterocycles. The number of nitrogens with one attached hydrogen (secondary N) is 1. The molecular weight excluding hydrogens is 238 g/mol. The number of carbonyl (C=O) groups is 1. The van der Waals surface area contributed by atoms with E-state index in [0.29, 0.717) is 5.92 Å². The van der Waals surface area contributed by atoms with Crippen LogP contribution in [-0.2, 0) is 4.79 Å². The average molecular weight is 271 g/mol. The molecule has 19 heavy (non-hydrogen) atoms. The van der Waals surface area contributed by atoms with E-state index in [-0.39, 0.29) is 17.7 Å². The topological polar surface area (TPSA) is 49.3 Å². The molecule has 0 aliphatic carbocycles. The van der Waals surface area contributed by atoms with Gasteiger partial charge in [0.1, 0.15) is 0 Å². The second kappa shape index (κ2) is 11.4. The summed E-state index contributed by atoms with van der Waals surface area (Å²) >= 11 is 0. The predicted molar refractivity (Wildman–Crippen MR) is 80.3 cm³/mol. The van der Waals surface area contributed by atoms with Crippen molar-refractivity contribution >= 4 is 5.78 Å². The summed E-state index contributed by atoms with van der Waals surface area (Å²) in [6.45, 7) is 8.54. The Kier molecular flexibility index (Phi) is 11.2. The molecule has 3 atom stereocenters. The van der Waals surface area contributed by atoms with Gasteiger partial charge in [-0.25, -0.2) is 0 Å². The second-order valence-corrected chi connectivity index (χ2v) is 5.63. The third-order valence-corrected chi connectivity index (χ3v) is 4.14. The average Bonchev–Trinajstić information content (AvgIpc) is 2.43. The number of hydrogen-bond acceptors (Lipinski definition) is 3. The number of hydrogen-bond donors (Lipinski definition) is 2. The van der Waals surface area contributed by atoms with Gasteiger partial charge in [-0.15, -0.1) is 0 Å². The van der Waals surface area contributed by atoms with Crippen LogP contribution in [0.15, 0.2) is 0 Å². The van der Waals surface area contributed by atoms with E-state index in [1.54, 1.807) is 0 Å². The Morgan fingerprint density at radius 1 is 1.05 bits per heavy atom. The number of hydroxylamine groups is 1. The largest absolute Gasteiger partial charge is 0.316 e. The van der Waals surface area contributed by atoms with Gasteiger partial charge in [0.2, 0.25) is 0 Å². The summed E-state index contributed by atoms with van der Waals surface area (Å²) in [6, 6.07) is -0.377. The van der Waals surface area contributed by atoms with E-state index in [4.69, 9.17) is 0 Å². The fourth-order valence-corrected chi connectivity index (χ4v) is 2.75. The van der Waals surface area contributed by atoms with Crippen molar-refractivity contribution in [2.24, 2.45) is 11.8 Å². The van der Waals surface area contributed by atoms with Gasteiger partial charge in [0.25, 0.3) is 0 Å². The van der Waals surface area contributed by atoms with Gasteiger partial charge in [0.15, 0.2) is 5.78 Å². The molecule has 0 radical (unpaired) electrons. The minimum Gasteiger partial charge on any atom is -0.316 e. The summed E-state index contributed by atoms with van der Waals surface area (Å²) in [5, 5.41) is 9.31. The molecule has 0 aliphatic rings. The summed E-state index contributed by atoms with van der Waals surface area (Å²) in [5.74, 6) is 0.832. The maximum absolute atomic E-state index is 12.4. The van der Waals surface area contributed by atoms with E-state index < -0.39 is 0 Å². The molecule has 0 saturated carbocycles. The molecule has 2 N–H and O–H groups in total. The number of ketones is 1. The van der Waals surface area contributed by atoms with Crippen molar-refractivity contribution in [3.8, 4) is 0 Å². The summed E-state index contributed by atoms with van der Waals surface area (Å²) in [7, 11) is 0. The standard InChI is InChI=1S/C16H33NO2/c1-5-9-11-14(8-4)16(18)15(17-19)12-13(7-3)10-6-2/h13-15,17,19H,5-12H2,1-4H3. The molecule has 0 aromatic rings. The minimum atomic E-state index is -0.377. The first-order valence-electron chi connectivity index (χ1n) is 8.07. The lowest BCUT2D eigenvalue weighted by Gasteiger charge is -2.24. The lowest BCUT2D eigenvalue weighted by molar-refractivity contribution is -0.128. The first kappa shape index (κ1) is 18.6. The molecule has 0 aromatic carbocycles. The number of rotatable bonds is 12. The smallest absolute Gasteiger partial charge is 0.155 e. The van der Waals surface area contributed by atoms with Crippen LogP contribution in [-0.4, -0.2) is 17.0 Å². The van der Waals surface area contributed by atoms with Gasteiger partial charge in [-0.05, 0) is 25.2 Å². The van der Waals surface area contributed by atoms with E-state index >= 15 is 0 Å². The molecule has 0 fully saturated rings. The van der Waals surface area contributed by atoms with E-state index in [9.17, 15) is 10.0 Å². The molecule has 3 unspecified atom stereocenters. The van der Waals surface area contributed by atoms with Gasteiger partial charge in [-0.3, -0.25) is 4.79 Å². The van der Waals surface area contributed by atoms with E-state index in [2.05, 4.69) is 33.2 Å². The lowest BCUT2D eigenvalue weighted by atomic mass is 9.85. The Morgan fingerprint density at radius 2 is 1.74 bits per heavy atom. The highest BCUT2D eigenvalue weighted by molar-refractivity contribution is 5.86. The van der Waals surface area contributed by atoms with Crippen LogP contribution < -0.4 is 5.48 Å². The molecule has 0 bridgehead atoms. The fourth-order valence-electron chi connectivity index (χ4n) is 2.75. The molecule has 3 nitrogen and oxygen atoms in total. The van der Waals surface area contributed by atoms with E-state index in [0.717, 1.165) is 51.4 Å². The number of Topliss-reactive ketones (excluding diaryl/α,β-unsaturated/α-hetero) is 1. The molecule has 0 amide bonds. The molecular formula is C16H33NO2. The van der Waals surface area contributed by atoms with Gasteiger partial charge in [0.05, 0.1) is 6.04 Å². The Balaban J connectivity index is 4.49. The number of unbranched alkanes of at least 4 members (excludes halogenated alkanes) is 1. The molecule has 0 aliphatic heterocycles. The van der Waals surface area contributed by atoms with Crippen molar-refractivity contribution < 1.29 is 10.0 Å². The predicted octanol–water partition coefficient (Wildman–Crippen LogP) is 4.34. The highest BCUT2D eigenvalue weighted by Gasteiger charge is 2.26. The molecule has 0 aromatic heterocycles. The highest BCUT2D eigenvalue weighted by atomic mass is 16.5. The minimum absolute atomic E-state index is 0.101. The molecule has 0 spiro atoms.